The summed E-state index contributed by atoms with van der Waals surface area (Å²) >= 11 is 0. The van der Waals surface area contributed by atoms with Gasteiger partial charge in [0.25, 0.3) is 5.91 Å². The maximum absolute atomic E-state index is 12.9. The fraction of sp³-hybridized carbons (Fsp3) is 0.526. The Balaban J connectivity index is 2.07. The van der Waals surface area contributed by atoms with Crippen LogP contribution in [0, 0.1) is 5.92 Å². The van der Waals surface area contributed by atoms with E-state index in [0.717, 1.165) is 12.0 Å². The number of nitrogens with one attached hydrogen (secondary N) is 1. The van der Waals surface area contributed by atoms with E-state index in [-0.39, 0.29) is 23.6 Å². The molecule has 1 fully saturated rings. The molecule has 2 rings (SSSR count). The number of likely N-dealkylation sites (N-methyl/N-ethyl adjacent to an activating group) is 1. The van der Waals surface area contributed by atoms with Gasteiger partial charge in [0, 0.05) is 39.2 Å². The molecule has 1 aliphatic heterocycles. The lowest BCUT2D eigenvalue weighted by atomic mass is 10.0. The van der Waals surface area contributed by atoms with Crippen LogP contribution in [0.4, 0.5) is 0 Å². The molecule has 0 radical (unpaired) electrons. The van der Waals surface area contributed by atoms with Gasteiger partial charge in [-0.05, 0) is 30.0 Å². The van der Waals surface area contributed by atoms with Crippen molar-refractivity contribution in [3.63, 3.8) is 0 Å². The second-order valence-corrected chi connectivity index (χ2v) is 6.85. The van der Waals surface area contributed by atoms with Gasteiger partial charge >= 0.3 is 0 Å². The first-order valence-electron chi connectivity index (χ1n) is 8.70. The van der Waals surface area contributed by atoms with Gasteiger partial charge in [-0.15, -0.1) is 0 Å². The summed E-state index contributed by atoms with van der Waals surface area (Å²) in [5.41, 5.74) is 1.53. The van der Waals surface area contributed by atoms with E-state index < -0.39 is 6.04 Å². The highest BCUT2D eigenvalue weighted by atomic mass is 16.2. The first-order chi connectivity index (χ1) is 11.8. The molecular formula is C19H27N3O3. The van der Waals surface area contributed by atoms with Gasteiger partial charge in [-0.2, -0.15) is 0 Å². The molecule has 1 aromatic rings. The number of amides is 3. The number of nitrogens with zero attached hydrogens (tertiary/aromatic N) is 2. The molecule has 1 atom stereocenters. The molecule has 0 spiro atoms. The van der Waals surface area contributed by atoms with Crippen LogP contribution in [0.1, 0.15) is 42.6 Å². The maximum Gasteiger partial charge on any atom is 0.251 e. The Hall–Kier alpha value is -2.37. The minimum atomic E-state index is -0.412. The average molecular weight is 345 g/mol. The zero-order valence-electron chi connectivity index (χ0n) is 15.4. The third kappa shape index (κ3) is 4.38. The van der Waals surface area contributed by atoms with Crippen LogP contribution >= 0.6 is 0 Å². The molecule has 3 amide bonds. The number of benzene rings is 1. The average Bonchev–Trinajstić information content (AvgIpc) is 3.00. The van der Waals surface area contributed by atoms with Gasteiger partial charge in [-0.25, -0.2) is 0 Å². The van der Waals surface area contributed by atoms with Crippen molar-refractivity contribution in [2.45, 2.75) is 39.3 Å². The van der Waals surface area contributed by atoms with Crippen molar-refractivity contribution >= 4 is 17.7 Å². The molecule has 0 aromatic heterocycles. The fourth-order valence-electron chi connectivity index (χ4n) is 3.22. The van der Waals surface area contributed by atoms with Gasteiger partial charge in [0.2, 0.25) is 11.8 Å². The van der Waals surface area contributed by atoms with E-state index in [4.69, 9.17) is 0 Å². The fourth-order valence-corrected chi connectivity index (χ4v) is 3.22. The molecular weight excluding hydrogens is 318 g/mol. The van der Waals surface area contributed by atoms with E-state index in [1.165, 1.54) is 0 Å². The van der Waals surface area contributed by atoms with Crippen LogP contribution in [-0.2, 0) is 16.1 Å². The van der Waals surface area contributed by atoms with Crippen LogP contribution in [0.3, 0.4) is 0 Å². The molecule has 0 bridgehead atoms. The van der Waals surface area contributed by atoms with Gasteiger partial charge in [0.05, 0.1) is 0 Å². The lowest BCUT2D eigenvalue weighted by Crippen LogP contribution is -2.50. The minimum absolute atomic E-state index is 0.0411. The Kier molecular flexibility index (Phi) is 6.17. The molecule has 25 heavy (non-hydrogen) atoms. The van der Waals surface area contributed by atoms with Crippen LogP contribution in [0.2, 0.25) is 0 Å². The molecule has 1 unspecified atom stereocenters. The smallest absolute Gasteiger partial charge is 0.251 e. The molecule has 1 heterocycles. The summed E-state index contributed by atoms with van der Waals surface area (Å²) in [4.78, 5) is 39.9. The normalized spacial score (nSPS) is 15.4. The van der Waals surface area contributed by atoms with Gasteiger partial charge in [0.1, 0.15) is 6.04 Å². The molecule has 6 nitrogen and oxygen atoms in total. The number of carbonyl (C=O) groups excluding carboxylic acids is 3. The number of likely N-dealkylation sites (tertiary alicyclic amines) is 1. The van der Waals surface area contributed by atoms with Crippen LogP contribution in [0.5, 0.6) is 0 Å². The van der Waals surface area contributed by atoms with Crippen molar-refractivity contribution in [2.75, 3.05) is 20.6 Å². The number of rotatable bonds is 6. The summed E-state index contributed by atoms with van der Waals surface area (Å²) in [6.45, 7) is 5.04. The van der Waals surface area contributed by atoms with Crippen LogP contribution < -0.4 is 5.32 Å². The van der Waals surface area contributed by atoms with Gasteiger partial charge in [-0.3, -0.25) is 14.4 Å². The Morgan fingerprint density at radius 3 is 2.36 bits per heavy atom. The van der Waals surface area contributed by atoms with E-state index in [0.29, 0.717) is 25.1 Å². The molecule has 1 saturated heterocycles. The van der Waals surface area contributed by atoms with Crippen molar-refractivity contribution in [2.24, 2.45) is 5.92 Å². The van der Waals surface area contributed by atoms with Crippen molar-refractivity contribution in [3.05, 3.63) is 35.4 Å². The number of carbonyl (C=O) groups is 3. The second-order valence-electron chi connectivity index (χ2n) is 6.85. The van der Waals surface area contributed by atoms with Crippen molar-refractivity contribution in [1.29, 1.82) is 0 Å². The molecule has 1 aromatic carbocycles. The highest BCUT2D eigenvalue weighted by Crippen LogP contribution is 2.21. The summed E-state index contributed by atoms with van der Waals surface area (Å²) in [7, 11) is 3.35. The Morgan fingerprint density at radius 2 is 1.88 bits per heavy atom. The van der Waals surface area contributed by atoms with Gasteiger partial charge in [-0.1, -0.05) is 26.0 Å². The molecule has 1 aliphatic rings. The van der Waals surface area contributed by atoms with Crippen molar-refractivity contribution < 1.29 is 14.4 Å². The number of hydrogen-bond donors (Lipinski definition) is 1. The standard InChI is InChI=1S/C19H27N3O3/c1-13(2)17(22-11-5-6-16(22)23)19(25)21(4)12-14-7-9-15(10-8-14)18(24)20-3/h7-10,13,17H,5-6,11-12H2,1-4H3,(H,20,24). The quantitative estimate of drug-likeness (QED) is 0.852. The van der Waals surface area contributed by atoms with E-state index in [1.54, 1.807) is 36.0 Å². The zero-order valence-corrected chi connectivity index (χ0v) is 15.4. The first kappa shape index (κ1) is 19.0. The summed E-state index contributed by atoms with van der Waals surface area (Å²) < 4.78 is 0. The number of hydrogen-bond acceptors (Lipinski definition) is 3. The largest absolute Gasteiger partial charge is 0.355 e. The predicted octanol–water partition coefficient (Wildman–Crippen LogP) is 1.65. The predicted molar refractivity (Wildman–Crippen MR) is 95.9 cm³/mol. The third-order valence-corrected chi connectivity index (χ3v) is 4.57. The lowest BCUT2D eigenvalue weighted by molar-refractivity contribution is -0.144. The van der Waals surface area contributed by atoms with Crippen molar-refractivity contribution in [1.82, 2.24) is 15.1 Å². The van der Waals surface area contributed by atoms with Crippen molar-refractivity contribution in [3.8, 4) is 0 Å². The Morgan fingerprint density at radius 1 is 1.24 bits per heavy atom. The first-order valence-corrected chi connectivity index (χ1v) is 8.70. The van der Waals surface area contributed by atoms with E-state index in [2.05, 4.69) is 5.32 Å². The molecule has 0 aliphatic carbocycles. The minimum Gasteiger partial charge on any atom is -0.355 e. The van der Waals surface area contributed by atoms with Gasteiger partial charge < -0.3 is 15.1 Å². The summed E-state index contributed by atoms with van der Waals surface area (Å²) in [6, 6.07) is 6.77. The van der Waals surface area contributed by atoms with E-state index >= 15 is 0 Å². The SMILES string of the molecule is CNC(=O)c1ccc(CN(C)C(=O)C(C(C)C)N2CCCC2=O)cc1. The molecule has 136 valence electrons. The molecule has 1 N–H and O–H groups in total. The Labute approximate surface area is 149 Å². The third-order valence-electron chi connectivity index (χ3n) is 4.57. The second kappa shape index (κ2) is 8.14. The molecule has 6 heteroatoms. The monoisotopic (exact) mass is 345 g/mol. The highest BCUT2D eigenvalue weighted by Gasteiger charge is 2.36. The van der Waals surface area contributed by atoms with Gasteiger partial charge in [0.15, 0.2) is 0 Å². The zero-order chi connectivity index (χ0) is 18.6. The van der Waals surface area contributed by atoms with Crippen LogP contribution in [-0.4, -0.2) is 54.2 Å². The van der Waals surface area contributed by atoms with Crippen LogP contribution in [0.25, 0.3) is 0 Å². The summed E-state index contributed by atoms with van der Waals surface area (Å²) in [5.74, 6) is -0.0490. The highest BCUT2D eigenvalue weighted by molar-refractivity contribution is 5.94. The van der Waals surface area contributed by atoms with E-state index in [9.17, 15) is 14.4 Å². The lowest BCUT2D eigenvalue weighted by Gasteiger charge is -2.33. The summed E-state index contributed by atoms with van der Waals surface area (Å²) in [6.07, 6.45) is 1.35. The van der Waals surface area contributed by atoms with Crippen LogP contribution in [0.15, 0.2) is 24.3 Å². The summed E-state index contributed by atoms with van der Waals surface area (Å²) in [5, 5.41) is 2.58. The topological polar surface area (TPSA) is 69.7 Å². The molecule has 0 saturated carbocycles. The maximum atomic E-state index is 12.9. The van der Waals surface area contributed by atoms with E-state index in [1.807, 2.05) is 26.0 Å². The Bertz CT molecular complexity index is 640.